The maximum Gasteiger partial charge on any atom is 0.433 e. The summed E-state index contributed by atoms with van der Waals surface area (Å²) in [6.07, 6.45) is -4.35. The zero-order valence-electron chi connectivity index (χ0n) is 19.8. The highest BCUT2D eigenvalue weighted by Crippen LogP contribution is 2.36. The molecule has 5 rings (SSSR count). The molecule has 36 heavy (non-hydrogen) atoms. The van der Waals surface area contributed by atoms with Gasteiger partial charge in [0.05, 0.1) is 25.2 Å². The standard InChI is InChI=1S/C24H28F5N5O2/c1-36-16-2-3-18-17(11-16)20(12-21(31-18)24(27,28)29)33-8-6-32(7-9-33)15-10-19(30-13-15)22(35)34-5-4-23(25,26)14-34/h2-3,11-12,15,19,30H,4-10,13-14H2,1H3/t15-,19-/m0/s1. The number of methoxy groups -OCH3 is 1. The fraction of sp³-hybridized carbons (Fsp3) is 0.583. The van der Waals surface area contributed by atoms with Gasteiger partial charge in [-0.25, -0.2) is 13.8 Å². The molecule has 3 fully saturated rings. The van der Waals surface area contributed by atoms with Gasteiger partial charge in [-0.05, 0) is 30.7 Å². The first kappa shape index (κ1) is 24.9. The average molecular weight is 514 g/mol. The maximum atomic E-state index is 13.5. The molecule has 0 aliphatic carbocycles. The van der Waals surface area contributed by atoms with Gasteiger partial charge in [0.25, 0.3) is 5.92 Å². The molecule has 1 aromatic heterocycles. The topological polar surface area (TPSA) is 60.9 Å². The van der Waals surface area contributed by atoms with Crippen molar-refractivity contribution in [2.45, 2.75) is 37.0 Å². The molecule has 3 aliphatic rings. The van der Waals surface area contributed by atoms with Gasteiger partial charge in [-0.2, -0.15) is 13.2 Å². The number of hydrogen-bond donors (Lipinski definition) is 1. The van der Waals surface area contributed by atoms with Crippen molar-refractivity contribution in [3.8, 4) is 5.75 Å². The van der Waals surface area contributed by atoms with Crippen molar-refractivity contribution in [2.24, 2.45) is 0 Å². The molecular weight excluding hydrogens is 485 g/mol. The summed E-state index contributed by atoms with van der Waals surface area (Å²) in [6, 6.07) is 5.47. The molecule has 7 nitrogen and oxygen atoms in total. The number of carbonyl (C=O) groups excluding carboxylic acids is 1. The van der Waals surface area contributed by atoms with Crippen molar-refractivity contribution < 1.29 is 31.5 Å². The number of aromatic nitrogens is 1. The predicted octanol–water partition coefficient (Wildman–Crippen LogP) is 2.98. The third-order valence-electron chi connectivity index (χ3n) is 7.34. The van der Waals surface area contributed by atoms with Crippen LogP contribution in [0.4, 0.5) is 27.6 Å². The third kappa shape index (κ3) is 4.93. The first-order valence-electron chi connectivity index (χ1n) is 12.0. The van der Waals surface area contributed by atoms with E-state index in [-0.39, 0.29) is 30.4 Å². The molecule has 3 aliphatic heterocycles. The summed E-state index contributed by atoms with van der Waals surface area (Å²) in [4.78, 5) is 21.9. The molecule has 0 saturated carbocycles. The number of ether oxygens (including phenoxy) is 1. The fourth-order valence-corrected chi connectivity index (χ4v) is 5.38. The molecule has 0 radical (unpaired) electrons. The van der Waals surface area contributed by atoms with Crippen molar-refractivity contribution >= 4 is 22.5 Å². The Morgan fingerprint density at radius 3 is 2.53 bits per heavy atom. The minimum Gasteiger partial charge on any atom is -0.497 e. The van der Waals surface area contributed by atoms with Crippen LogP contribution in [-0.2, 0) is 11.0 Å². The third-order valence-corrected chi connectivity index (χ3v) is 7.34. The summed E-state index contributed by atoms with van der Waals surface area (Å²) in [6.45, 7) is 2.31. The van der Waals surface area contributed by atoms with Gasteiger partial charge in [0.2, 0.25) is 5.91 Å². The molecule has 2 atom stereocenters. The molecule has 1 amide bonds. The number of rotatable bonds is 4. The van der Waals surface area contributed by atoms with Gasteiger partial charge >= 0.3 is 6.18 Å². The van der Waals surface area contributed by atoms with E-state index >= 15 is 0 Å². The summed E-state index contributed by atoms with van der Waals surface area (Å²) in [5.41, 5.74) is -0.234. The summed E-state index contributed by atoms with van der Waals surface area (Å²) < 4.78 is 72.9. The van der Waals surface area contributed by atoms with Crippen LogP contribution in [0.15, 0.2) is 24.3 Å². The van der Waals surface area contributed by atoms with E-state index in [0.29, 0.717) is 56.0 Å². The normalized spacial score (nSPS) is 25.1. The van der Waals surface area contributed by atoms with Crippen LogP contribution in [-0.4, -0.2) is 91.6 Å². The highest BCUT2D eigenvalue weighted by atomic mass is 19.4. The number of pyridine rings is 1. The number of amides is 1. The largest absolute Gasteiger partial charge is 0.497 e. The van der Waals surface area contributed by atoms with Crippen LogP contribution in [0.25, 0.3) is 10.9 Å². The van der Waals surface area contributed by atoms with Crippen molar-refractivity contribution in [3.05, 3.63) is 30.0 Å². The van der Waals surface area contributed by atoms with Crippen LogP contribution in [0.1, 0.15) is 18.5 Å². The van der Waals surface area contributed by atoms with Gasteiger partial charge in [-0.15, -0.1) is 0 Å². The van der Waals surface area contributed by atoms with Crippen LogP contribution in [0, 0.1) is 0 Å². The number of nitrogens with one attached hydrogen (secondary N) is 1. The average Bonchev–Trinajstić information content (AvgIpc) is 3.49. The van der Waals surface area contributed by atoms with Crippen molar-refractivity contribution in [2.75, 3.05) is 57.8 Å². The minimum atomic E-state index is -4.57. The Balaban J connectivity index is 1.27. The van der Waals surface area contributed by atoms with Crippen LogP contribution in [0.3, 0.4) is 0 Å². The molecule has 196 valence electrons. The van der Waals surface area contributed by atoms with E-state index in [1.54, 1.807) is 12.1 Å². The van der Waals surface area contributed by atoms with Crippen LogP contribution in [0.2, 0.25) is 0 Å². The molecule has 1 aromatic carbocycles. The molecule has 1 N–H and O–H groups in total. The second kappa shape index (κ2) is 9.29. The molecule has 0 unspecified atom stereocenters. The lowest BCUT2D eigenvalue weighted by molar-refractivity contribution is -0.141. The number of hydrogen-bond acceptors (Lipinski definition) is 6. The summed E-state index contributed by atoms with van der Waals surface area (Å²) in [5.74, 6) is -2.57. The molecule has 0 spiro atoms. The SMILES string of the molecule is COc1ccc2nc(C(F)(F)F)cc(N3CCN([C@@H]4CN[C@H](C(=O)N5CCC(F)(F)C5)C4)CC3)c2c1. The Labute approximate surface area is 205 Å². The number of likely N-dealkylation sites (tertiary alicyclic amines) is 1. The number of fused-ring (bicyclic) bond motifs is 1. The lowest BCUT2D eigenvalue weighted by Gasteiger charge is -2.39. The van der Waals surface area contributed by atoms with Gasteiger partial charge in [0, 0.05) is 62.8 Å². The van der Waals surface area contributed by atoms with E-state index in [1.807, 2.05) is 4.90 Å². The predicted molar refractivity (Wildman–Crippen MR) is 123 cm³/mol. The first-order chi connectivity index (χ1) is 17.0. The highest BCUT2D eigenvalue weighted by Gasteiger charge is 2.44. The lowest BCUT2D eigenvalue weighted by Crippen LogP contribution is -2.51. The Hall–Kier alpha value is -2.73. The smallest absolute Gasteiger partial charge is 0.433 e. The summed E-state index contributed by atoms with van der Waals surface area (Å²) >= 11 is 0. The number of alkyl halides is 5. The van der Waals surface area contributed by atoms with E-state index in [4.69, 9.17) is 4.74 Å². The lowest BCUT2D eigenvalue weighted by atomic mass is 10.1. The Morgan fingerprint density at radius 2 is 1.89 bits per heavy atom. The van der Waals surface area contributed by atoms with E-state index in [9.17, 15) is 26.7 Å². The van der Waals surface area contributed by atoms with Gasteiger partial charge < -0.3 is 19.9 Å². The van der Waals surface area contributed by atoms with Gasteiger partial charge in [0.15, 0.2) is 0 Å². The number of anilines is 1. The Morgan fingerprint density at radius 1 is 1.14 bits per heavy atom. The second-order valence-corrected chi connectivity index (χ2v) is 9.65. The van der Waals surface area contributed by atoms with Gasteiger partial charge in [-0.3, -0.25) is 9.69 Å². The zero-order valence-corrected chi connectivity index (χ0v) is 19.8. The minimum absolute atomic E-state index is 0.0595. The van der Waals surface area contributed by atoms with Crippen LogP contribution >= 0.6 is 0 Å². The van der Waals surface area contributed by atoms with E-state index in [2.05, 4.69) is 15.2 Å². The van der Waals surface area contributed by atoms with Crippen molar-refractivity contribution in [3.63, 3.8) is 0 Å². The van der Waals surface area contributed by atoms with Gasteiger partial charge in [0.1, 0.15) is 11.4 Å². The quantitative estimate of drug-likeness (QED) is 0.635. The Bertz CT molecular complexity index is 1140. The molecule has 4 heterocycles. The Kier molecular flexibility index (Phi) is 6.44. The van der Waals surface area contributed by atoms with Crippen molar-refractivity contribution in [1.82, 2.24) is 20.1 Å². The first-order valence-corrected chi connectivity index (χ1v) is 12.0. The van der Waals surface area contributed by atoms with Crippen molar-refractivity contribution in [1.29, 1.82) is 0 Å². The monoisotopic (exact) mass is 513 g/mol. The number of carbonyl (C=O) groups is 1. The molecule has 0 bridgehead atoms. The summed E-state index contributed by atoms with van der Waals surface area (Å²) in [7, 11) is 1.50. The molecule has 3 saturated heterocycles. The molecule has 2 aromatic rings. The molecular formula is C24H28F5N5O2. The van der Waals surface area contributed by atoms with E-state index < -0.39 is 30.4 Å². The second-order valence-electron chi connectivity index (χ2n) is 9.65. The zero-order chi connectivity index (χ0) is 25.7. The molecule has 12 heteroatoms. The van der Waals surface area contributed by atoms with E-state index in [1.165, 1.54) is 18.1 Å². The van der Waals surface area contributed by atoms with Gasteiger partial charge in [-0.1, -0.05) is 0 Å². The highest BCUT2D eigenvalue weighted by molar-refractivity contribution is 5.93. The van der Waals surface area contributed by atoms with Crippen LogP contribution < -0.4 is 15.0 Å². The number of halogens is 5. The number of piperazine rings is 1. The van der Waals surface area contributed by atoms with E-state index in [0.717, 1.165) is 6.07 Å². The number of benzene rings is 1. The van der Waals surface area contributed by atoms with Crippen LogP contribution in [0.5, 0.6) is 5.75 Å². The maximum absolute atomic E-state index is 13.5. The fourth-order valence-electron chi connectivity index (χ4n) is 5.38. The summed E-state index contributed by atoms with van der Waals surface area (Å²) in [5, 5.41) is 3.76. The number of nitrogens with zero attached hydrogens (tertiary/aromatic N) is 4.